The van der Waals surface area contributed by atoms with Crippen LogP contribution in [0.25, 0.3) is 0 Å². The lowest BCUT2D eigenvalue weighted by Gasteiger charge is -2.32. The number of hydrogen-bond donors (Lipinski definition) is 2. The standard InChI is InChI=1S/C12H10ClFN2O4/c13-7-3-1-2-6(10(7)14)11(18)16-5-9(17)15-4-8(16)12(19)20/h1-3,8H,4-5H2,(H,15,17)(H,19,20). The number of carboxylic acid groups (broad SMARTS) is 1. The Morgan fingerprint density at radius 1 is 1.45 bits per heavy atom. The molecule has 1 aromatic carbocycles. The fourth-order valence-corrected chi connectivity index (χ4v) is 2.07. The Hall–Kier alpha value is -2.15. The zero-order valence-corrected chi connectivity index (χ0v) is 10.9. The molecule has 2 rings (SSSR count). The molecule has 1 saturated heterocycles. The first-order valence-electron chi connectivity index (χ1n) is 5.66. The Morgan fingerprint density at radius 3 is 2.80 bits per heavy atom. The molecule has 0 saturated carbocycles. The van der Waals surface area contributed by atoms with Crippen molar-refractivity contribution >= 4 is 29.4 Å². The van der Waals surface area contributed by atoms with Crippen molar-refractivity contribution in [2.24, 2.45) is 0 Å². The molecular formula is C12H10ClFN2O4. The molecule has 2 amide bonds. The van der Waals surface area contributed by atoms with E-state index in [0.717, 1.165) is 4.90 Å². The van der Waals surface area contributed by atoms with E-state index >= 15 is 0 Å². The van der Waals surface area contributed by atoms with Gasteiger partial charge in [0.15, 0.2) is 5.82 Å². The average molecular weight is 301 g/mol. The van der Waals surface area contributed by atoms with E-state index in [0.29, 0.717) is 0 Å². The molecule has 1 unspecified atom stereocenters. The summed E-state index contributed by atoms with van der Waals surface area (Å²) in [5.41, 5.74) is -0.363. The Morgan fingerprint density at radius 2 is 2.15 bits per heavy atom. The summed E-state index contributed by atoms with van der Waals surface area (Å²) in [5, 5.41) is 11.1. The van der Waals surface area contributed by atoms with Crippen LogP contribution in [0.4, 0.5) is 4.39 Å². The minimum absolute atomic E-state index is 0.220. The molecule has 1 atom stereocenters. The van der Waals surface area contributed by atoms with Crippen molar-refractivity contribution in [1.82, 2.24) is 10.2 Å². The first kappa shape index (κ1) is 14.3. The van der Waals surface area contributed by atoms with E-state index in [-0.39, 0.29) is 17.1 Å². The van der Waals surface area contributed by atoms with Gasteiger partial charge in [0.05, 0.1) is 10.6 Å². The molecule has 0 aromatic heterocycles. The van der Waals surface area contributed by atoms with Crippen LogP contribution in [0.3, 0.4) is 0 Å². The number of piperazine rings is 1. The third kappa shape index (κ3) is 2.57. The summed E-state index contributed by atoms with van der Waals surface area (Å²) >= 11 is 5.58. The Balaban J connectivity index is 2.36. The lowest BCUT2D eigenvalue weighted by molar-refractivity contribution is -0.144. The normalized spacial score (nSPS) is 18.6. The summed E-state index contributed by atoms with van der Waals surface area (Å²) < 4.78 is 13.8. The summed E-state index contributed by atoms with van der Waals surface area (Å²) in [7, 11) is 0. The molecular weight excluding hydrogens is 291 g/mol. The first-order chi connectivity index (χ1) is 9.41. The number of rotatable bonds is 2. The second kappa shape index (κ2) is 5.46. The van der Waals surface area contributed by atoms with Gasteiger partial charge in [-0.15, -0.1) is 0 Å². The maximum atomic E-state index is 13.8. The number of hydrogen-bond acceptors (Lipinski definition) is 3. The maximum absolute atomic E-state index is 13.8. The van der Waals surface area contributed by atoms with E-state index in [1.807, 2.05) is 0 Å². The van der Waals surface area contributed by atoms with E-state index < -0.39 is 36.2 Å². The van der Waals surface area contributed by atoms with Gasteiger partial charge in [-0.1, -0.05) is 17.7 Å². The van der Waals surface area contributed by atoms with Gasteiger partial charge in [-0.3, -0.25) is 9.59 Å². The first-order valence-corrected chi connectivity index (χ1v) is 6.04. The smallest absolute Gasteiger partial charge is 0.328 e. The van der Waals surface area contributed by atoms with E-state index in [1.165, 1.54) is 18.2 Å². The van der Waals surface area contributed by atoms with E-state index in [4.69, 9.17) is 16.7 Å². The van der Waals surface area contributed by atoms with Gasteiger partial charge in [0.25, 0.3) is 5.91 Å². The van der Waals surface area contributed by atoms with Crippen LogP contribution in [-0.4, -0.2) is 46.9 Å². The number of amides is 2. The summed E-state index contributed by atoms with van der Waals surface area (Å²) in [6.07, 6.45) is 0. The highest BCUT2D eigenvalue weighted by molar-refractivity contribution is 6.31. The summed E-state index contributed by atoms with van der Waals surface area (Å²) in [5.74, 6) is -3.60. The van der Waals surface area contributed by atoms with Crippen LogP contribution in [-0.2, 0) is 9.59 Å². The van der Waals surface area contributed by atoms with Crippen molar-refractivity contribution in [2.45, 2.75) is 6.04 Å². The predicted octanol–water partition coefficient (Wildman–Crippen LogP) is 0.504. The second-order valence-corrected chi connectivity index (χ2v) is 4.60. The number of carbonyl (C=O) groups excluding carboxylic acids is 2. The highest BCUT2D eigenvalue weighted by Crippen LogP contribution is 2.20. The van der Waals surface area contributed by atoms with Crippen molar-refractivity contribution in [3.63, 3.8) is 0 Å². The average Bonchev–Trinajstić information content (AvgIpc) is 2.40. The third-order valence-corrected chi connectivity index (χ3v) is 3.20. The van der Waals surface area contributed by atoms with Crippen LogP contribution in [0.15, 0.2) is 18.2 Å². The van der Waals surface area contributed by atoms with Crippen molar-refractivity contribution in [3.8, 4) is 0 Å². The Kier molecular flexibility index (Phi) is 3.89. The van der Waals surface area contributed by atoms with Gasteiger partial charge in [0, 0.05) is 6.54 Å². The summed E-state index contributed by atoms with van der Waals surface area (Å²) in [4.78, 5) is 35.4. The molecule has 1 heterocycles. The quantitative estimate of drug-likeness (QED) is 0.833. The van der Waals surface area contributed by atoms with Crippen molar-refractivity contribution < 1.29 is 23.9 Å². The van der Waals surface area contributed by atoms with Crippen LogP contribution in [0.5, 0.6) is 0 Å². The molecule has 106 valence electrons. The fraction of sp³-hybridized carbons (Fsp3) is 0.250. The van der Waals surface area contributed by atoms with Gasteiger partial charge < -0.3 is 15.3 Å². The number of aliphatic carboxylic acids is 1. The number of halogens is 2. The molecule has 6 nitrogen and oxygen atoms in total. The van der Waals surface area contributed by atoms with Crippen LogP contribution in [0.2, 0.25) is 5.02 Å². The number of carboxylic acids is 1. The van der Waals surface area contributed by atoms with Gasteiger partial charge in [0.1, 0.15) is 12.6 Å². The van der Waals surface area contributed by atoms with Crippen LogP contribution in [0, 0.1) is 5.82 Å². The Bertz CT molecular complexity index is 593. The highest BCUT2D eigenvalue weighted by Gasteiger charge is 2.36. The molecule has 8 heteroatoms. The fourth-order valence-electron chi connectivity index (χ4n) is 1.90. The van der Waals surface area contributed by atoms with Crippen molar-refractivity contribution in [2.75, 3.05) is 13.1 Å². The monoisotopic (exact) mass is 300 g/mol. The zero-order valence-electron chi connectivity index (χ0n) is 10.1. The van der Waals surface area contributed by atoms with Crippen molar-refractivity contribution in [3.05, 3.63) is 34.6 Å². The molecule has 20 heavy (non-hydrogen) atoms. The minimum atomic E-state index is -1.28. The van der Waals surface area contributed by atoms with Gasteiger partial charge in [-0.05, 0) is 12.1 Å². The third-order valence-electron chi connectivity index (χ3n) is 2.91. The molecule has 1 aromatic rings. The van der Waals surface area contributed by atoms with Crippen LogP contribution in [0.1, 0.15) is 10.4 Å². The molecule has 0 spiro atoms. The zero-order chi connectivity index (χ0) is 14.9. The number of benzene rings is 1. The SMILES string of the molecule is O=C1CN(C(=O)c2cccc(Cl)c2F)C(C(=O)O)CN1. The molecule has 0 aliphatic carbocycles. The van der Waals surface area contributed by atoms with Gasteiger partial charge in [-0.2, -0.15) is 0 Å². The van der Waals surface area contributed by atoms with E-state index in [9.17, 15) is 18.8 Å². The van der Waals surface area contributed by atoms with E-state index in [1.54, 1.807) is 0 Å². The lowest BCUT2D eigenvalue weighted by atomic mass is 10.1. The number of carbonyl (C=O) groups is 3. The van der Waals surface area contributed by atoms with Gasteiger partial charge in [0.2, 0.25) is 5.91 Å². The van der Waals surface area contributed by atoms with E-state index in [2.05, 4.69) is 5.32 Å². The van der Waals surface area contributed by atoms with Gasteiger partial charge >= 0.3 is 5.97 Å². The van der Waals surface area contributed by atoms with Crippen LogP contribution >= 0.6 is 11.6 Å². The molecule has 2 N–H and O–H groups in total. The van der Waals surface area contributed by atoms with Crippen LogP contribution < -0.4 is 5.32 Å². The molecule has 0 radical (unpaired) electrons. The van der Waals surface area contributed by atoms with Crippen molar-refractivity contribution in [1.29, 1.82) is 0 Å². The number of nitrogens with zero attached hydrogens (tertiary/aromatic N) is 1. The summed E-state index contributed by atoms with van der Waals surface area (Å²) in [6.45, 7) is -0.663. The summed E-state index contributed by atoms with van der Waals surface area (Å²) in [6, 6.07) is 2.59. The van der Waals surface area contributed by atoms with Gasteiger partial charge in [-0.25, -0.2) is 9.18 Å². The minimum Gasteiger partial charge on any atom is -0.480 e. The number of nitrogens with one attached hydrogen (secondary N) is 1. The molecule has 1 fully saturated rings. The predicted molar refractivity (Wildman–Crippen MR) is 66.9 cm³/mol. The maximum Gasteiger partial charge on any atom is 0.328 e. The molecule has 0 bridgehead atoms. The molecule has 1 aliphatic rings. The Labute approximate surface area is 118 Å². The second-order valence-electron chi connectivity index (χ2n) is 4.19. The topological polar surface area (TPSA) is 86.7 Å². The largest absolute Gasteiger partial charge is 0.480 e. The lowest BCUT2D eigenvalue weighted by Crippen LogP contribution is -2.59. The molecule has 1 aliphatic heterocycles. The highest BCUT2D eigenvalue weighted by atomic mass is 35.5.